The first-order chi connectivity index (χ1) is 9.08. The minimum atomic E-state index is -0.330. The number of carbonyl (C=O) groups is 1. The summed E-state index contributed by atoms with van der Waals surface area (Å²) in [6.45, 7) is 9.38. The van der Waals surface area contributed by atoms with Crippen LogP contribution in [0.4, 0.5) is 5.69 Å². The van der Waals surface area contributed by atoms with Gasteiger partial charge < -0.3 is 4.90 Å². The fraction of sp³-hybridized carbons (Fsp3) is 0.588. The Morgan fingerprint density at radius 3 is 2.37 bits per heavy atom. The van der Waals surface area contributed by atoms with E-state index in [2.05, 4.69) is 45.9 Å². The number of carbonyl (C=O) groups excluding carboxylic acids is 1. The van der Waals surface area contributed by atoms with Gasteiger partial charge in [0, 0.05) is 12.2 Å². The molecule has 1 aliphatic heterocycles. The van der Waals surface area contributed by atoms with Crippen LogP contribution in [-0.2, 0) is 10.2 Å². The topological polar surface area (TPSA) is 20.3 Å². The van der Waals surface area contributed by atoms with E-state index in [0.717, 1.165) is 31.5 Å². The van der Waals surface area contributed by atoms with Crippen molar-refractivity contribution in [2.45, 2.75) is 52.4 Å². The van der Waals surface area contributed by atoms with Crippen LogP contribution in [0.2, 0.25) is 0 Å². The molecule has 2 nitrogen and oxygen atoms in total. The number of rotatable bonds is 5. The number of benzene rings is 1. The van der Waals surface area contributed by atoms with Gasteiger partial charge in [-0.25, -0.2) is 0 Å². The van der Waals surface area contributed by atoms with Gasteiger partial charge in [0.2, 0.25) is 5.91 Å². The van der Waals surface area contributed by atoms with Crippen molar-refractivity contribution in [1.29, 1.82) is 0 Å². The molecule has 1 aromatic rings. The number of amides is 1. The third kappa shape index (κ3) is 2.18. The molecule has 0 fully saturated rings. The summed E-state index contributed by atoms with van der Waals surface area (Å²) in [4.78, 5) is 14.8. The molecule has 0 bridgehead atoms. The van der Waals surface area contributed by atoms with Crippen LogP contribution in [-0.4, -0.2) is 12.5 Å². The quantitative estimate of drug-likeness (QED) is 0.778. The van der Waals surface area contributed by atoms with E-state index in [1.54, 1.807) is 0 Å². The molecule has 2 heteroatoms. The Hall–Kier alpha value is -1.31. The smallest absolute Gasteiger partial charge is 0.237 e. The molecule has 1 atom stereocenters. The summed E-state index contributed by atoms with van der Waals surface area (Å²) in [7, 11) is 0. The van der Waals surface area contributed by atoms with Gasteiger partial charge in [-0.3, -0.25) is 4.79 Å². The first kappa shape index (κ1) is 14.1. The van der Waals surface area contributed by atoms with Crippen LogP contribution >= 0.6 is 0 Å². The molecule has 104 valence electrons. The van der Waals surface area contributed by atoms with Crippen LogP contribution in [0.5, 0.6) is 0 Å². The third-order valence-electron chi connectivity index (χ3n) is 4.67. The number of hydrogen-bond donors (Lipinski definition) is 0. The number of fused-ring (bicyclic) bond motifs is 1. The summed E-state index contributed by atoms with van der Waals surface area (Å²) in [5.74, 6) is 0.905. The molecule has 0 N–H and O–H groups in total. The lowest BCUT2D eigenvalue weighted by Crippen LogP contribution is -2.39. The zero-order valence-corrected chi connectivity index (χ0v) is 12.6. The second-order valence-corrected chi connectivity index (χ2v) is 5.79. The van der Waals surface area contributed by atoms with Gasteiger partial charge in [-0.2, -0.15) is 0 Å². The Kier molecular flexibility index (Phi) is 3.98. The minimum Gasteiger partial charge on any atom is -0.312 e. The first-order valence-corrected chi connectivity index (χ1v) is 7.49. The van der Waals surface area contributed by atoms with Crippen LogP contribution in [0, 0.1) is 5.92 Å². The van der Waals surface area contributed by atoms with E-state index in [1.165, 1.54) is 5.56 Å². The maximum absolute atomic E-state index is 12.8. The molecule has 2 rings (SSSR count). The Labute approximate surface area is 116 Å². The van der Waals surface area contributed by atoms with Gasteiger partial charge in [0.05, 0.1) is 5.41 Å². The highest BCUT2D eigenvalue weighted by atomic mass is 16.2. The Bertz CT molecular complexity index is 464. The van der Waals surface area contributed by atoms with Crippen molar-refractivity contribution < 1.29 is 4.79 Å². The lowest BCUT2D eigenvalue weighted by Gasteiger charge is -2.28. The zero-order chi connectivity index (χ0) is 14.0. The van der Waals surface area contributed by atoms with Gasteiger partial charge in [-0.1, -0.05) is 44.9 Å². The fourth-order valence-electron chi connectivity index (χ4n) is 3.36. The molecule has 1 aromatic carbocycles. The normalized spacial score (nSPS) is 22.2. The second-order valence-electron chi connectivity index (χ2n) is 5.79. The van der Waals surface area contributed by atoms with Crippen LogP contribution in [0.15, 0.2) is 24.3 Å². The SMILES string of the molecule is CCC(CC)CC1(C)C(=O)N(CC)c2ccccc21. The molecule has 0 spiro atoms. The van der Waals surface area contributed by atoms with E-state index in [0.29, 0.717) is 5.92 Å². The molecule has 0 saturated carbocycles. The van der Waals surface area contributed by atoms with E-state index in [4.69, 9.17) is 0 Å². The van der Waals surface area contributed by atoms with Gasteiger partial charge in [0.25, 0.3) is 0 Å². The van der Waals surface area contributed by atoms with Crippen LogP contribution < -0.4 is 4.90 Å². The Morgan fingerprint density at radius 1 is 1.16 bits per heavy atom. The Morgan fingerprint density at radius 2 is 1.79 bits per heavy atom. The van der Waals surface area contributed by atoms with Crippen LogP contribution in [0.1, 0.15) is 52.5 Å². The number of hydrogen-bond acceptors (Lipinski definition) is 1. The Balaban J connectivity index is 2.42. The lowest BCUT2D eigenvalue weighted by molar-refractivity contribution is -0.123. The average Bonchev–Trinajstić information content (AvgIpc) is 2.65. The summed E-state index contributed by atoms with van der Waals surface area (Å²) in [6.07, 6.45) is 3.26. The van der Waals surface area contributed by atoms with Gasteiger partial charge in [-0.15, -0.1) is 0 Å². The maximum atomic E-state index is 12.8. The van der Waals surface area contributed by atoms with E-state index < -0.39 is 0 Å². The van der Waals surface area contributed by atoms with Crippen LogP contribution in [0.25, 0.3) is 0 Å². The monoisotopic (exact) mass is 259 g/mol. The molecule has 0 saturated heterocycles. The highest BCUT2D eigenvalue weighted by molar-refractivity contribution is 6.07. The first-order valence-electron chi connectivity index (χ1n) is 7.49. The molecular weight excluding hydrogens is 234 g/mol. The van der Waals surface area contributed by atoms with Crippen molar-refractivity contribution in [1.82, 2.24) is 0 Å². The summed E-state index contributed by atoms with van der Waals surface area (Å²) >= 11 is 0. The molecule has 1 heterocycles. The standard InChI is InChI=1S/C17H25NO/c1-5-13(6-2)12-17(4)14-10-8-9-11-15(14)18(7-3)16(17)19/h8-11,13H,5-7,12H2,1-4H3. The molecule has 19 heavy (non-hydrogen) atoms. The van der Waals surface area contributed by atoms with Crippen molar-refractivity contribution in [2.24, 2.45) is 5.92 Å². The third-order valence-corrected chi connectivity index (χ3v) is 4.67. The van der Waals surface area contributed by atoms with E-state index in [9.17, 15) is 4.79 Å². The number of anilines is 1. The minimum absolute atomic E-state index is 0.281. The van der Waals surface area contributed by atoms with E-state index in [-0.39, 0.29) is 11.3 Å². The molecule has 1 aliphatic rings. The molecule has 0 aliphatic carbocycles. The summed E-state index contributed by atoms with van der Waals surface area (Å²) in [5, 5.41) is 0. The highest BCUT2D eigenvalue weighted by Gasteiger charge is 2.47. The molecule has 0 radical (unpaired) electrons. The van der Waals surface area contributed by atoms with Crippen molar-refractivity contribution >= 4 is 11.6 Å². The largest absolute Gasteiger partial charge is 0.312 e. The van der Waals surface area contributed by atoms with Crippen LogP contribution in [0.3, 0.4) is 0 Å². The van der Waals surface area contributed by atoms with Gasteiger partial charge in [0.15, 0.2) is 0 Å². The fourth-order valence-corrected chi connectivity index (χ4v) is 3.36. The van der Waals surface area contributed by atoms with Gasteiger partial charge >= 0.3 is 0 Å². The summed E-state index contributed by atoms with van der Waals surface area (Å²) in [6, 6.07) is 8.29. The molecule has 1 amide bonds. The zero-order valence-electron chi connectivity index (χ0n) is 12.6. The van der Waals surface area contributed by atoms with Gasteiger partial charge in [0.1, 0.15) is 0 Å². The molecular formula is C17H25NO. The predicted octanol–water partition coefficient (Wildman–Crippen LogP) is 4.14. The van der Waals surface area contributed by atoms with Crippen molar-refractivity contribution in [3.05, 3.63) is 29.8 Å². The summed E-state index contributed by atoms with van der Waals surface area (Å²) < 4.78 is 0. The van der Waals surface area contributed by atoms with Crippen molar-refractivity contribution in [3.8, 4) is 0 Å². The summed E-state index contributed by atoms with van der Waals surface area (Å²) in [5.41, 5.74) is 2.00. The van der Waals surface area contributed by atoms with Gasteiger partial charge in [-0.05, 0) is 37.8 Å². The highest BCUT2D eigenvalue weighted by Crippen LogP contribution is 2.45. The molecule has 1 unspecified atom stereocenters. The van der Waals surface area contributed by atoms with E-state index >= 15 is 0 Å². The number of nitrogens with zero attached hydrogens (tertiary/aromatic N) is 1. The predicted molar refractivity (Wildman–Crippen MR) is 80.5 cm³/mol. The maximum Gasteiger partial charge on any atom is 0.237 e. The second kappa shape index (κ2) is 5.36. The lowest BCUT2D eigenvalue weighted by atomic mass is 9.75. The number of para-hydroxylation sites is 1. The number of likely N-dealkylation sites (N-methyl/N-ethyl adjacent to an activating group) is 1. The van der Waals surface area contributed by atoms with Crippen molar-refractivity contribution in [3.63, 3.8) is 0 Å². The average molecular weight is 259 g/mol. The van der Waals surface area contributed by atoms with E-state index in [1.807, 2.05) is 11.0 Å². The molecule has 0 aromatic heterocycles. The van der Waals surface area contributed by atoms with Crippen molar-refractivity contribution in [2.75, 3.05) is 11.4 Å².